The summed E-state index contributed by atoms with van der Waals surface area (Å²) in [6.07, 6.45) is 10.6. The number of anilines is 1. The molecule has 28 heavy (non-hydrogen) atoms. The van der Waals surface area contributed by atoms with Gasteiger partial charge in [0.25, 0.3) is 0 Å². The van der Waals surface area contributed by atoms with Crippen LogP contribution in [-0.4, -0.2) is 40.6 Å². The third-order valence-corrected chi connectivity index (χ3v) is 5.61. The predicted molar refractivity (Wildman–Crippen MR) is 109 cm³/mol. The summed E-state index contributed by atoms with van der Waals surface area (Å²) in [5.41, 5.74) is 0.379. The van der Waals surface area contributed by atoms with E-state index in [1.165, 1.54) is 6.42 Å². The zero-order valence-corrected chi connectivity index (χ0v) is 17.4. The monoisotopic (exact) mass is 387 g/mol. The minimum absolute atomic E-state index is 0.0384. The van der Waals surface area contributed by atoms with E-state index in [4.69, 9.17) is 4.74 Å². The Labute approximate surface area is 168 Å². The number of hydrogen-bond acceptors (Lipinski definition) is 4. The third kappa shape index (κ3) is 4.83. The molecule has 2 amide bonds. The number of piperidine rings is 1. The molecule has 2 heterocycles. The van der Waals surface area contributed by atoms with Gasteiger partial charge in [0, 0.05) is 24.3 Å². The average molecular weight is 388 g/mol. The summed E-state index contributed by atoms with van der Waals surface area (Å²) in [4.78, 5) is 33.1. The van der Waals surface area contributed by atoms with Crippen molar-refractivity contribution in [3.63, 3.8) is 0 Å². The molecule has 1 saturated heterocycles. The molecule has 0 bridgehead atoms. The Hall–Kier alpha value is -2.11. The molecule has 1 saturated carbocycles. The van der Waals surface area contributed by atoms with Crippen LogP contribution in [0.3, 0.4) is 0 Å². The van der Waals surface area contributed by atoms with Crippen LogP contribution in [0, 0.1) is 0 Å². The highest BCUT2D eigenvalue weighted by Gasteiger charge is 2.35. The first kappa shape index (κ1) is 20.6. The first-order valence-corrected chi connectivity index (χ1v) is 10.6. The first-order valence-electron chi connectivity index (χ1n) is 10.6. The van der Waals surface area contributed by atoms with Gasteiger partial charge in [-0.15, -0.1) is 0 Å². The lowest BCUT2D eigenvalue weighted by atomic mass is 9.92. The highest BCUT2D eigenvalue weighted by molar-refractivity contribution is 5.88. The van der Waals surface area contributed by atoms with Gasteiger partial charge in [0.1, 0.15) is 11.4 Å². The van der Waals surface area contributed by atoms with E-state index < -0.39 is 5.60 Å². The smallest absolute Gasteiger partial charge is 0.416 e. The van der Waals surface area contributed by atoms with E-state index in [1.807, 2.05) is 37.8 Å². The number of hydrogen-bond donors (Lipinski definition) is 0. The van der Waals surface area contributed by atoms with Crippen LogP contribution in [0.15, 0.2) is 18.3 Å². The Morgan fingerprint density at radius 3 is 2.57 bits per heavy atom. The fourth-order valence-corrected chi connectivity index (χ4v) is 4.34. The minimum atomic E-state index is -0.571. The zero-order valence-electron chi connectivity index (χ0n) is 17.4. The van der Waals surface area contributed by atoms with Gasteiger partial charge < -0.3 is 9.64 Å². The fraction of sp³-hybridized carbons (Fsp3) is 0.682. The quantitative estimate of drug-likeness (QED) is 0.694. The minimum Gasteiger partial charge on any atom is -0.443 e. The second kappa shape index (κ2) is 8.93. The summed E-state index contributed by atoms with van der Waals surface area (Å²) in [6.45, 7) is 6.41. The average Bonchev–Trinajstić information content (AvgIpc) is 2.68. The van der Waals surface area contributed by atoms with Crippen LogP contribution in [0.2, 0.25) is 0 Å². The number of nitrogens with zero attached hydrogens (tertiary/aromatic N) is 3. The fourth-order valence-electron chi connectivity index (χ4n) is 4.34. The van der Waals surface area contributed by atoms with Crippen molar-refractivity contribution in [2.75, 3.05) is 11.4 Å². The topological polar surface area (TPSA) is 62.7 Å². The van der Waals surface area contributed by atoms with Crippen LogP contribution in [0.1, 0.15) is 83.7 Å². The molecule has 1 aliphatic carbocycles. The van der Waals surface area contributed by atoms with E-state index in [0.29, 0.717) is 5.82 Å². The summed E-state index contributed by atoms with van der Waals surface area (Å²) < 4.78 is 5.77. The number of amides is 2. The second-order valence-corrected chi connectivity index (χ2v) is 8.91. The van der Waals surface area contributed by atoms with Crippen molar-refractivity contribution in [3.8, 4) is 0 Å². The first-order chi connectivity index (χ1) is 13.4. The van der Waals surface area contributed by atoms with Crippen molar-refractivity contribution in [3.05, 3.63) is 23.9 Å². The SMILES string of the molecule is CC(C)(C)OC(=O)N(c1ncccc1[C@@H]1CCCCN1C=O)C1CCCCC1. The number of aromatic nitrogens is 1. The van der Waals surface area contributed by atoms with Crippen LogP contribution < -0.4 is 4.90 Å². The molecule has 1 aromatic heterocycles. The van der Waals surface area contributed by atoms with E-state index in [0.717, 1.165) is 63.5 Å². The molecule has 6 heteroatoms. The molecule has 1 aromatic rings. The molecule has 3 rings (SSSR count). The van der Waals surface area contributed by atoms with Gasteiger partial charge in [-0.2, -0.15) is 0 Å². The van der Waals surface area contributed by atoms with E-state index in [-0.39, 0.29) is 18.2 Å². The largest absolute Gasteiger partial charge is 0.443 e. The van der Waals surface area contributed by atoms with Crippen molar-refractivity contribution >= 4 is 18.3 Å². The van der Waals surface area contributed by atoms with Gasteiger partial charge in [0.2, 0.25) is 6.41 Å². The van der Waals surface area contributed by atoms with Crippen molar-refractivity contribution in [1.29, 1.82) is 0 Å². The number of carbonyl (C=O) groups is 2. The normalized spacial score (nSPS) is 21.2. The molecule has 1 aliphatic heterocycles. The Kier molecular flexibility index (Phi) is 6.57. The van der Waals surface area contributed by atoms with Crippen LogP contribution in [0.4, 0.5) is 10.6 Å². The lowest BCUT2D eigenvalue weighted by Gasteiger charge is -2.38. The van der Waals surface area contributed by atoms with Crippen LogP contribution in [0.25, 0.3) is 0 Å². The maximum Gasteiger partial charge on any atom is 0.416 e. The van der Waals surface area contributed by atoms with Gasteiger partial charge in [-0.05, 0) is 58.9 Å². The van der Waals surface area contributed by atoms with Crippen molar-refractivity contribution < 1.29 is 14.3 Å². The third-order valence-electron chi connectivity index (χ3n) is 5.61. The van der Waals surface area contributed by atoms with Gasteiger partial charge in [-0.3, -0.25) is 9.69 Å². The number of ether oxygens (including phenoxy) is 1. The molecule has 0 unspecified atom stereocenters. The lowest BCUT2D eigenvalue weighted by molar-refractivity contribution is -0.121. The lowest BCUT2D eigenvalue weighted by Crippen LogP contribution is -2.46. The molecule has 2 aliphatic rings. The second-order valence-electron chi connectivity index (χ2n) is 8.91. The number of likely N-dealkylation sites (tertiary alicyclic amines) is 1. The Balaban J connectivity index is 1.99. The Morgan fingerprint density at radius 1 is 1.18 bits per heavy atom. The molecule has 6 nitrogen and oxygen atoms in total. The van der Waals surface area contributed by atoms with Gasteiger partial charge >= 0.3 is 6.09 Å². The van der Waals surface area contributed by atoms with Gasteiger partial charge in [0.15, 0.2) is 0 Å². The van der Waals surface area contributed by atoms with Crippen LogP contribution in [-0.2, 0) is 9.53 Å². The molecule has 1 atom stereocenters. The maximum atomic E-state index is 13.2. The van der Waals surface area contributed by atoms with Crippen molar-refractivity contribution in [2.24, 2.45) is 0 Å². The van der Waals surface area contributed by atoms with Gasteiger partial charge in [-0.1, -0.05) is 25.3 Å². The van der Waals surface area contributed by atoms with Crippen LogP contribution in [0.5, 0.6) is 0 Å². The molecular formula is C22H33N3O3. The van der Waals surface area contributed by atoms with Crippen molar-refractivity contribution in [2.45, 2.75) is 89.8 Å². The molecular weight excluding hydrogens is 354 g/mol. The maximum absolute atomic E-state index is 13.2. The summed E-state index contributed by atoms with van der Waals surface area (Å²) in [5.74, 6) is 0.655. The van der Waals surface area contributed by atoms with E-state index in [2.05, 4.69) is 4.98 Å². The van der Waals surface area contributed by atoms with Crippen molar-refractivity contribution in [1.82, 2.24) is 9.88 Å². The van der Waals surface area contributed by atoms with E-state index in [9.17, 15) is 9.59 Å². The molecule has 154 valence electrons. The zero-order chi connectivity index (χ0) is 20.1. The summed E-state index contributed by atoms with van der Waals surface area (Å²) in [7, 11) is 0. The Morgan fingerprint density at radius 2 is 1.89 bits per heavy atom. The molecule has 2 fully saturated rings. The standard InChI is InChI=1S/C22H33N3O3/c1-22(2,3)28-21(27)25(17-10-5-4-6-11-17)20-18(12-9-14-23-20)19-13-7-8-15-24(19)16-26/h9,12,14,16-17,19H,4-8,10-11,13,15H2,1-3H3/t19-/m0/s1. The van der Waals surface area contributed by atoms with Gasteiger partial charge in [0.05, 0.1) is 6.04 Å². The number of carbonyl (C=O) groups excluding carboxylic acids is 2. The molecule has 0 N–H and O–H groups in total. The summed E-state index contributed by atoms with van der Waals surface area (Å²) in [5, 5.41) is 0. The highest BCUT2D eigenvalue weighted by Crippen LogP contribution is 2.37. The molecule has 0 radical (unpaired) electrons. The predicted octanol–water partition coefficient (Wildman–Crippen LogP) is 4.84. The van der Waals surface area contributed by atoms with E-state index in [1.54, 1.807) is 11.1 Å². The number of pyridine rings is 1. The number of rotatable bonds is 4. The van der Waals surface area contributed by atoms with E-state index >= 15 is 0 Å². The highest BCUT2D eigenvalue weighted by atomic mass is 16.6. The molecule has 0 aromatic carbocycles. The molecule has 0 spiro atoms. The summed E-state index contributed by atoms with van der Waals surface area (Å²) >= 11 is 0. The van der Waals surface area contributed by atoms with Gasteiger partial charge in [-0.25, -0.2) is 9.78 Å². The van der Waals surface area contributed by atoms with Crippen LogP contribution >= 0.6 is 0 Å². The Bertz CT molecular complexity index is 680. The summed E-state index contributed by atoms with van der Waals surface area (Å²) in [6, 6.07) is 3.95.